The zero-order chi connectivity index (χ0) is 18.4. The van der Waals surface area contributed by atoms with Crippen molar-refractivity contribution in [3.05, 3.63) is 0 Å². The third-order valence-electron chi connectivity index (χ3n) is 4.91. The predicted octanol–water partition coefficient (Wildman–Crippen LogP) is 4.94. The molecule has 0 rings (SSSR count). The Morgan fingerprint density at radius 1 is 0.920 bits per heavy atom. The van der Waals surface area contributed by atoms with Crippen LogP contribution in [0.3, 0.4) is 0 Å². The van der Waals surface area contributed by atoms with Crippen LogP contribution in [0.15, 0.2) is 0 Å². The molecule has 0 amide bonds. The second-order valence-electron chi connectivity index (χ2n) is 6.88. The Morgan fingerprint density at radius 2 is 1.52 bits per heavy atom. The molecule has 0 bridgehead atoms. The molecule has 0 aromatic heterocycles. The number of hydrogen-bond acceptors (Lipinski definition) is 3. The summed E-state index contributed by atoms with van der Waals surface area (Å²) in [6.07, 6.45) is 9.73. The van der Waals surface area contributed by atoms with Crippen LogP contribution in [0.5, 0.6) is 0 Å². The Hall–Kier alpha value is -0.0600. The number of carbonyl (C=O) groups is 2. The van der Waals surface area contributed by atoms with E-state index in [9.17, 15) is 9.59 Å². The van der Waals surface area contributed by atoms with Gasteiger partial charge in [0.2, 0.25) is 0 Å². The normalized spacial score (nSPS) is 14.2. The van der Waals surface area contributed by atoms with Crippen LogP contribution in [-0.4, -0.2) is 52.7 Å². The van der Waals surface area contributed by atoms with Crippen LogP contribution < -0.4 is 0 Å². The summed E-state index contributed by atoms with van der Waals surface area (Å²) in [6, 6.07) is 0. The molecule has 0 fully saturated rings. The maximum atomic E-state index is 12.1. The van der Waals surface area contributed by atoms with Crippen molar-refractivity contribution < 1.29 is 19.4 Å². The van der Waals surface area contributed by atoms with E-state index in [0.717, 1.165) is 38.5 Å². The van der Waals surface area contributed by atoms with Gasteiger partial charge in [0, 0.05) is 0 Å². The van der Waals surface area contributed by atoms with Crippen LogP contribution in [0, 0.1) is 11.8 Å². The van der Waals surface area contributed by atoms with Crippen molar-refractivity contribution in [2.75, 3.05) is 0 Å². The molecule has 0 heterocycles. The van der Waals surface area contributed by atoms with E-state index in [1.165, 1.54) is 19.3 Å². The van der Waals surface area contributed by atoms with Gasteiger partial charge < -0.3 is 9.84 Å². The minimum absolute atomic E-state index is 0. The number of carboxylic acid groups (broad SMARTS) is 1. The zero-order valence-corrected chi connectivity index (χ0v) is 16.2. The first-order valence-corrected chi connectivity index (χ1v) is 9.89. The fourth-order valence-electron chi connectivity index (χ4n) is 3.20. The molecule has 5 heteroatoms. The van der Waals surface area contributed by atoms with Gasteiger partial charge in [0.1, 0.15) is 6.10 Å². The van der Waals surface area contributed by atoms with E-state index in [4.69, 9.17) is 9.84 Å². The molecule has 1 N–H and O–H groups in total. The summed E-state index contributed by atoms with van der Waals surface area (Å²) >= 11 is 0. The van der Waals surface area contributed by atoms with E-state index in [-0.39, 0.29) is 54.5 Å². The van der Waals surface area contributed by atoms with Crippen molar-refractivity contribution in [2.45, 2.75) is 104 Å². The average Bonchev–Trinajstić information content (AvgIpc) is 2.56. The molecule has 0 aliphatic rings. The summed E-state index contributed by atoms with van der Waals surface area (Å²) < 4.78 is 5.76. The molecule has 3 atom stereocenters. The second kappa shape index (κ2) is 17.4. The molecule has 0 aromatic rings. The Kier molecular flexibility index (Phi) is 18.9. The van der Waals surface area contributed by atoms with E-state index in [0.29, 0.717) is 11.8 Å². The van der Waals surface area contributed by atoms with Crippen LogP contribution in [0.1, 0.15) is 98.3 Å². The molecule has 3 unspecified atom stereocenters. The number of hydrogen-bond donors (Lipinski definition) is 1. The summed E-state index contributed by atoms with van der Waals surface area (Å²) in [4.78, 5) is 22.7. The topological polar surface area (TPSA) is 63.6 Å². The SMILES string of the molecule is CCCCC(CC)CC(OC(=O)CCC(=O)O)C(CC)CCCC.[NaH]. The number of carbonyl (C=O) groups excluding carboxylic acids is 1. The van der Waals surface area contributed by atoms with Crippen molar-refractivity contribution in [1.29, 1.82) is 0 Å². The monoisotopic (exact) mass is 366 g/mol. The van der Waals surface area contributed by atoms with Gasteiger partial charge in [-0.3, -0.25) is 9.59 Å². The Bertz CT molecular complexity index is 347. The van der Waals surface area contributed by atoms with Gasteiger partial charge in [-0.1, -0.05) is 66.2 Å². The molecule has 0 aromatic carbocycles. The van der Waals surface area contributed by atoms with E-state index < -0.39 is 5.97 Å². The molecule has 0 saturated heterocycles. The predicted molar refractivity (Wildman–Crippen MR) is 105 cm³/mol. The maximum absolute atomic E-state index is 12.1. The Morgan fingerprint density at radius 3 is 2.00 bits per heavy atom. The molecular weight excluding hydrogens is 327 g/mol. The minimum atomic E-state index is -0.948. The van der Waals surface area contributed by atoms with Gasteiger partial charge in [0.05, 0.1) is 12.8 Å². The Balaban J connectivity index is 0. The first-order valence-electron chi connectivity index (χ1n) is 9.89. The number of rotatable bonds is 15. The molecule has 0 aliphatic heterocycles. The summed E-state index contributed by atoms with van der Waals surface area (Å²) in [7, 11) is 0. The molecule has 25 heavy (non-hydrogen) atoms. The van der Waals surface area contributed by atoms with Crippen LogP contribution >= 0.6 is 0 Å². The third-order valence-corrected chi connectivity index (χ3v) is 4.91. The first kappa shape index (κ1) is 27.2. The van der Waals surface area contributed by atoms with E-state index in [1.807, 2.05) is 0 Å². The van der Waals surface area contributed by atoms with Crippen molar-refractivity contribution in [2.24, 2.45) is 11.8 Å². The molecular formula is C20H39NaO4. The molecule has 0 radical (unpaired) electrons. The van der Waals surface area contributed by atoms with Crippen LogP contribution in [0.2, 0.25) is 0 Å². The Labute approximate surface area is 176 Å². The standard InChI is InChI=1S/C20H38O4.Na.H/c1-5-9-11-16(7-3)15-18(17(8-4)12-10-6-2)24-20(23)14-13-19(21)22;;/h16-18H,5-15H2,1-4H3,(H,21,22);;. The average molecular weight is 367 g/mol. The molecule has 0 saturated carbocycles. The molecule has 4 nitrogen and oxygen atoms in total. The zero-order valence-electron chi connectivity index (χ0n) is 16.2. The van der Waals surface area contributed by atoms with Gasteiger partial charge >= 0.3 is 41.5 Å². The number of aliphatic carboxylic acids is 1. The third kappa shape index (κ3) is 13.8. The summed E-state index contributed by atoms with van der Waals surface area (Å²) in [5.41, 5.74) is 0. The quantitative estimate of drug-likeness (QED) is 0.329. The first-order chi connectivity index (χ1) is 11.5. The van der Waals surface area contributed by atoms with Gasteiger partial charge in [-0.15, -0.1) is 0 Å². The van der Waals surface area contributed by atoms with Crippen LogP contribution in [-0.2, 0) is 14.3 Å². The summed E-state index contributed by atoms with van der Waals surface area (Å²) in [6.45, 7) is 8.74. The van der Waals surface area contributed by atoms with Gasteiger partial charge in [0.15, 0.2) is 0 Å². The summed E-state index contributed by atoms with van der Waals surface area (Å²) in [5, 5.41) is 8.74. The number of unbranched alkanes of at least 4 members (excludes halogenated alkanes) is 2. The summed E-state index contributed by atoms with van der Waals surface area (Å²) in [5.74, 6) is -0.342. The van der Waals surface area contributed by atoms with Gasteiger partial charge in [-0.05, 0) is 31.1 Å². The van der Waals surface area contributed by atoms with Crippen molar-refractivity contribution in [1.82, 2.24) is 0 Å². The van der Waals surface area contributed by atoms with Crippen molar-refractivity contribution in [3.8, 4) is 0 Å². The van der Waals surface area contributed by atoms with E-state index in [1.54, 1.807) is 0 Å². The van der Waals surface area contributed by atoms with Crippen molar-refractivity contribution >= 4 is 41.5 Å². The van der Waals surface area contributed by atoms with Gasteiger partial charge in [-0.2, -0.15) is 0 Å². The molecule has 0 spiro atoms. The van der Waals surface area contributed by atoms with Gasteiger partial charge in [0.25, 0.3) is 0 Å². The van der Waals surface area contributed by atoms with Crippen molar-refractivity contribution in [3.63, 3.8) is 0 Å². The van der Waals surface area contributed by atoms with E-state index in [2.05, 4.69) is 27.7 Å². The molecule has 144 valence electrons. The van der Waals surface area contributed by atoms with Crippen LogP contribution in [0.4, 0.5) is 0 Å². The van der Waals surface area contributed by atoms with E-state index >= 15 is 0 Å². The number of ether oxygens (including phenoxy) is 1. The second-order valence-corrected chi connectivity index (χ2v) is 6.88. The number of carboxylic acids is 1. The number of esters is 1. The fraction of sp³-hybridized carbons (Fsp3) is 0.900. The molecule has 0 aliphatic carbocycles. The fourth-order valence-corrected chi connectivity index (χ4v) is 3.20. The van der Waals surface area contributed by atoms with Gasteiger partial charge in [-0.25, -0.2) is 0 Å². The van der Waals surface area contributed by atoms with Crippen LogP contribution in [0.25, 0.3) is 0 Å².